The molecule has 0 unspecified atom stereocenters. The number of benzene rings is 1. The molecule has 0 radical (unpaired) electrons. The normalized spacial score (nSPS) is 10.7. The van der Waals surface area contributed by atoms with E-state index in [1.54, 1.807) is 12.3 Å². The number of hydrogen-bond acceptors (Lipinski definition) is 5. The number of anilines is 2. The van der Waals surface area contributed by atoms with Crippen LogP contribution in [0.2, 0.25) is 0 Å². The second-order valence-corrected chi connectivity index (χ2v) is 4.57. The quantitative estimate of drug-likeness (QED) is 0.761. The highest BCUT2D eigenvalue weighted by Crippen LogP contribution is 2.17. The van der Waals surface area contributed by atoms with E-state index in [0.29, 0.717) is 18.2 Å². The predicted molar refractivity (Wildman–Crippen MR) is 80.3 cm³/mol. The molecule has 0 bridgehead atoms. The van der Waals surface area contributed by atoms with E-state index < -0.39 is 0 Å². The Morgan fingerprint density at radius 2 is 2.00 bits per heavy atom. The highest BCUT2D eigenvalue weighted by atomic mass is 15.0. The summed E-state index contributed by atoms with van der Waals surface area (Å²) in [5, 5.41) is 4.39. The van der Waals surface area contributed by atoms with Crippen LogP contribution in [-0.4, -0.2) is 15.0 Å². The summed E-state index contributed by atoms with van der Waals surface area (Å²) in [4.78, 5) is 12.8. The van der Waals surface area contributed by atoms with Crippen molar-refractivity contribution in [1.29, 1.82) is 0 Å². The fourth-order valence-electron chi connectivity index (χ4n) is 2.18. The van der Waals surface area contributed by atoms with Crippen LogP contribution in [0, 0.1) is 6.92 Å². The van der Waals surface area contributed by atoms with Crippen molar-refractivity contribution in [1.82, 2.24) is 15.0 Å². The summed E-state index contributed by atoms with van der Waals surface area (Å²) in [6.07, 6.45) is 1.80. The van der Waals surface area contributed by atoms with Gasteiger partial charge in [-0.05, 0) is 18.6 Å². The zero-order chi connectivity index (χ0) is 13.9. The first-order valence-electron chi connectivity index (χ1n) is 6.40. The van der Waals surface area contributed by atoms with Crippen molar-refractivity contribution in [2.24, 2.45) is 0 Å². The maximum Gasteiger partial charge on any atom is 0.132 e. The number of fused-ring (bicyclic) bond motifs is 1. The molecule has 1 aromatic carbocycles. The molecule has 0 spiro atoms. The highest BCUT2D eigenvalue weighted by Gasteiger charge is 2.03. The Labute approximate surface area is 116 Å². The van der Waals surface area contributed by atoms with E-state index in [1.165, 1.54) is 0 Å². The molecule has 3 rings (SSSR count). The number of hydrogen-bond donors (Lipinski definition) is 2. The summed E-state index contributed by atoms with van der Waals surface area (Å²) in [5.41, 5.74) is 7.84. The Hall–Kier alpha value is -2.69. The standard InChI is InChI=1S/C15H15N5/c1-10-19-13(16)8-14(20-10)18-9-12-5-2-4-11-6-3-7-17-15(11)12/h2-8H,9H2,1H3,(H3,16,18,19,20). The van der Waals surface area contributed by atoms with Gasteiger partial charge in [-0.15, -0.1) is 0 Å². The molecule has 2 aromatic heterocycles. The molecule has 0 fully saturated rings. The van der Waals surface area contributed by atoms with Gasteiger partial charge in [0.2, 0.25) is 0 Å². The Balaban J connectivity index is 1.87. The first kappa shape index (κ1) is 12.3. The van der Waals surface area contributed by atoms with Gasteiger partial charge in [0.25, 0.3) is 0 Å². The molecule has 0 aliphatic carbocycles. The van der Waals surface area contributed by atoms with E-state index in [-0.39, 0.29) is 0 Å². The molecule has 20 heavy (non-hydrogen) atoms. The fourth-order valence-corrected chi connectivity index (χ4v) is 2.18. The number of aryl methyl sites for hydroxylation is 1. The van der Waals surface area contributed by atoms with Crippen molar-refractivity contribution in [3.63, 3.8) is 0 Å². The largest absolute Gasteiger partial charge is 0.384 e. The number of para-hydroxylation sites is 1. The summed E-state index contributed by atoms with van der Waals surface area (Å²) in [7, 11) is 0. The number of nitrogens with one attached hydrogen (secondary N) is 1. The van der Waals surface area contributed by atoms with Gasteiger partial charge in [-0.1, -0.05) is 24.3 Å². The van der Waals surface area contributed by atoms with Crippen molar-refractivity contribution < 1.29 is 0 Å². The molecule has 0 saturated heterocycles. The third kappa shape index (κ3) is 2.51. The van der Waals surface area contributed by atoms with Gasteiger partial charge in [0.15, 0.2) is 0 Å². The highest BCUT2D eigenvalue weighted by molar-refractivity contribution is 5.81. The zero-order valence-corrected chi connectivity index (χ0v) is 11.2. The van der Waals surface area contributed by atoms with Crippen LogP contribution in [0.25, 0.3) is 10.9 Å². The number of aromatic nitrogens is 3. The summed E-state index contributed by atoms with van der Waals surface area (Å²) in [6.45, 7) is 2.46. The molecular formula is C15H15N5. The maximum absolute atomic E-state index is 5.72. The maximum atomic E-state index is 5.72. The van der Waals surface area contributed by atoms with Crippen LogP contribution >= 0.6 is 0 Å². The van der Waals surface area contributed by atoms with Gasteiger partial charge in [0, 0.05) is 24.2 Å². The average molecular weight is 265 g/mol. The molecule has 0 saturated carbocycles. The van der Waals surface area contributed by atoms with Gasteiger partial charge in [-0.3, -0.25) is 4.98 Å². The van der Waals surface area contributed by atoms with Crippen molar-refractivity contribution in [3.05, 3.63) is 54.0 Å². The van der Waals surface area contributed by atoms with E-state index in [2.05, 4.69) is 38.5 Å². The molecule has 5 heteroatoms. The molecule has 0 aliphatic heterocycles. The molecule has 0 atom stereocenters. The fraction of sp³-hybridized carbons (Fsp3) is 0.133. The first-order chi connectivity index (χ1) is 9.72. The second kappa shape index (κ2) is 5.13. The molecule has 3 N–H and O–H groups in total. The minimum Gasteiger partial charge on any atom is -0.384 e. The van der Waals surface area contributed by atoms with Crippen LogP contribution in [0.15, 0.2) is 42.6 Å². The Morgan fingerprint density at radius 1 is 1.15 bits per heavy atom. The number of rotatable bonds is 3. The second-order valence-electron chi connectivity index (χ2n) is 4.57. The van der Waals surface area contributed by atoms with Crippen LogP contribution in [0.4, 0.5) is 11.6 Å². The number of pyridine rings is 1. The van der Waals surface area contributed by atoms with Gasteiger partial charge in [-0.2, -0.15) is 0 Å². The molecule has 0 amide bonds. The van der Waals surface area contributed by atoms with Gasteiger partial charge >= 0.3 is 0 Å². The van der Waals surface area contributed by atoms with E-state index >= 15 is 0 Å². The lowest BCUT2D eigenvalue weighted by atomic mass is 10.1. The third-order valence-electron chi connectivity index (χ3n) is 3.03. The van der Waals surface area contributed by atoms with Crippen LogP contribution in [0.5, 0.6) is 0 Å². The monoisotopic (exact) mass is 265 g/mol. The van der Waals surface area contributed by atoms with E-state index in [0.717, 1.165) is 22.3 Å². The minimum absolute atomic E-state index is 0.469. The van der Waals surface area contributed by atoms with E-state index in [9.17, 15) is 0 Å². The summed E-state index contributed by atoms with van der Waals surface area (Å²) in [5.74, 6) is 1.85. The number of nitrogen functional groups attached to an aromatic ring is 1. The van der Waals surface area contributed by atoms with Crippen molar-refractivity contribution in [2.75, 3.05) is 11.1 Å². The Morgan fingerprint density at radius 3 is 2.85 bits per heavy atom. The molecule has 5 nitrogen and oxygen atoms in total. The smallest absolute Gasteiger partial charge is 0.132 e. The molecule has 0 aliphatic rings. The van der Waals surface area contributed by atoms with E-state index in [1.807, 2.05) is 19.1 Å². The minimum atomic E-state index is 0.469. The lowest BCUT2D eigenvalue weighted by Gasteiger charge is -2.09. The molecular weight excluding hydrogens is 250 g/mol. The summed E-state index contributed by atoms with van der Waals surface area (Å²) in [6, 6.07) is 11.9. The Bertz CT molecular complexity index is 729. The lowest BCUT2D eigenvalue weighted by Crippen LogP contribution is -2.05. The average Bonchev–Trinajstić information content (AvgIpc) is 2.44. The lowest BCUT2D eigenvalue weighted by molar-refractivity contribution is 1.03. The van der Waals surface area contributed by atoms with Crippen LogP contribution in [-0.2, 0) is 6.54 Å². The van der Waals surface area contributed by atoms with Crippen LogP contribution in [0.3, 0.4) is 0 Å². The molecule has 3 aromatic rings. The summed E-state index contributed by atoms with van der Waals surface area (Å²) < 4.78 is 0. The van der Waals surface area contributed by atoms with Gasteiger partial charge < -0.3 is 11.1 Å². The van der Waals surface area contributed by atoms with Crippen molar-refractivity contribution in [2.45, 2.75) is 13.5 Å². The van der Waals surface area contributed by atoms with Crippen LogP contribution < -0.4 is 11.1 Å². The van der Waals surface area contributed by atoms with Crippen molar-refractivity contribution >= 4 is 22.5 Å². The van der Waals surface area contributed by atoms with Crippen LogP contribution in [0.1, 0.15) is 11.4 Å². The SMILES string of the molecule is Cc1nc(N)cc(NCc2cccc3cccnc23)n1. The predicted octanol–water partition coefficient (Wildman–Crippen LogP) is 2.53. The van der Waals surface area contributed by atoms with Gasteiger partial charge in [0.1, 0.15) is 17.5 Å². The summed E-state index contributed by atoms with van der Waals surface area (Å²) >= 11 is 0. The first-order valence-corrected chi connectivity index (χ1v) is 6.40. The number of nitrogens with zero attached hydrogens (tertiary/aromatic N) is 3. The number of nitrogens with two attached hydrogens (primary N) is 1. The van der Waals surface area contributed by atoms with Crippen molar-refractivity contribution in [3.8, 4) is 0 Å². The topological polar surface area (TPSA) is 76.7 Å². The molecule has 2 heterocycles. The molecule has 100 valence electrons. The third-order valence-corrected chi connectivity index (χ3v) is 3.03. The Kier molecular flexibility index (Phi) is 3.16. The van der Waals surface area contributed by atoms with E-state index in [4.69, 9.17) is 5.73 Å². The zero-order valence-electron chi connectivity index (χ0n) is 11.2. The van der Waals surface area contributed by atoms with Gasteiger partial charge in [-0.25, -0.2) is 9.97 Å². The van der Waals surface area contributed by atoms with Gasteiger partial charge in [0.05, 0.1) is 5.52 Å².